The molecular formula is C13H16Cl2O2. The van der Waals surface area contributed by atoms with Gasteiger partial charge in [0.05, 0.1) is 16.1 Å². The Kier molecular flexibility index (Phi) is 4.69. The molecule has 94 valence electrons. The van der Waals surface area contributed by atoms with Crippen molar-refractivity contribution >= 4 is 23.2 Å². The third kappa shape index (κ3) is 3.59. The van der Waals surface area contributed by atoms with Crippen LogP contribution in [0, 0.1) is 5.92 Å². The third-order valence-electron chi connectivity index (χ3n) is 3.12. The van der Waals surface area contributed by atoms with Gasteiger partial charge in [-0.3, -0.25) is 0 Å². The first-order chi connectivity index (χ1) is 8.16. The number of rotatable bonds is 4. The molecule has 1 aromatic rings. The van der Waals surface area contributed by atoms with Crippen molar-refractivity contribution in [1.29, 1.82) is 0 Å². The molecule has 0 saturated carbocycles. The van der Waals surface area contributed by atoms with Crippen LogP contribution in [0.15, 0.2) is 18.2 Å². The third-order valence-corrected chi connectivity index (χ3v) is 3.97. The van der Waals surface area contributed by atoms with Gasteiger partial charge < -0.3 is 9.84 Å². The fraction of sp³-hybridized carbons (Fsp3) is 0.538. The summed E-state index contributed by atoms with van der Waals surface area (Å²) in [6.45, 7) is 1.58. The van der Waals surface area contributed by atoms with Crippen molar-refractivity contribution in [2.75, 3.05) is 13.2 Å². The van der Waals surface area contributed by atoms with Gasteiger partial charge in [-0.1, -0.05) is 35.3 Å². The van der Waals surface area contributed by atoms with Crippen LogP contribution < -0.4 is 0 Å². The van der Waals surface area contributed by atoms with Crippen molar-refractivity contribution in [3.63, 3.8) is 0 Å². The highest BCUT2D eigenvalue weighted by Gasteiger charge is 2.20. The molecule has 17 heavy (non-hydrogen) atoms. The van der Waals surface area contributed by atoms with Gasteiger partial charge in [-0.15, -0.1) is 0 Å². The molecule has 0 bridgehead atoms. The van der Waals surface area contributed by atoms with Crippen LogP contribution in [0.3, 0.4) is 0 Å². The van der Waals surface area contributed by atoms with E-state index in [1.807, 2.05) is 12.1 Å². The van der Waals surface area contributed by atoms with Crippen LogP contribution in [0.1, 0.15) is 18.4 Å². The highest BCUT2D eigenvalue weighted by molar-refractivity contribution is 6.42. The summed E-state index contributed by atoms with van der Waals surface area (Å²) in [7, 11) is 0. The van der Waals surface area contributed by atoms with E-state index in [0.717, 1.165) is 31.6 Å². The van der Waals surface area contributed by atoms with E-state index in [-0.39, 0.29) is 6.10 Å². The highest BCUT2D eigenvalue weighted by atomic mass is 35.5. The van der Waals surface area contributed by atoms with Crippen molar-refractivity contribution in [2.24, 2.45) is 5.92 Å². The number of benzene rings is 1. The van der Waals surface area contributed by atoms with E-state index in [1.165, 1.54) is 0 Å². The lowest BCUT2D eigenvalue weighted by Gasteiger charge is -2.15. The summed E-state index contributed by atoms with van der Waals surface area (Å²) < 4.78 is 5.29. The van der Waals surface area contributed by atoms with Crippen LogP contribution in [-0.2, 0) is 11.2 Å². The van der Waals surface area contributed by atoms with Gasteiger partial charge in [0, 0.05) is 13.2 Å². The lowest BCUT2D eigenvalue weighted by Crippen LogP contribution is -2.16. The number of aliphatic hydroxyl groups excluding tert-OH is 1. The van der Waals surface area contributed by atoms with Gasteiger partial charge >= 0.3 is 0 Å². The molecule has 1 aliphatic heterocycles. The fourth-order valence-corrected chi connectivity index (χ4v) is 2.59. The second-order valence-corrected chi connectivity index (χ2v) is 5.32. The maximum absolute atomic E-state index is 10.0. The molecule has 1 aromatic carbocycles. The molecule has 0 radical (unpaired) electrons. The van der Waals surface area contributed by atoms with Crippen LogP contribution in [-0.4, -0.2) is 24.4 Å². The van der Waals surface area contributed by atoms with Crippen LogP contribution in [0.25, 0.3) is 0 Å². The van der Waals surface area contributed by atoms with Crippen LogP contribution in [0.2, 0.25) is 10.0 Å². The van der Waals surface area contributed by atoms with Crippen LogP contribution >= 0.6 is 23.2 Å². The van der Waals surface area contributed by atoms with E-state index >= 15 is 0 Å². The Morgan fingerprint density at radius 1 is 1.41 bits per heavy atom. The standard InChI is InChI=1S/C13H16Cl2O2/c14-12-3-1-2-10(13(12)15)7-11(16)6-9-4-5-17-8-9/h1-3,9,11,16H,4-8H2. The minimum Gasteiger partial charge on any atom is -0.393 e. The summed E-state index contributed by atoms with van der Waals surface area (Å²) in [6, 6.07) is 5.52. The molecule has 0 aliphatic carbocycles. The largest absolute Gasteiger partial charge is 0.393 e. The van der Waals surface area contributed by atoms with Crippen molar-refractivity contribution in [3.8, 4) is 0 Å². The molecule has 2 rings (SSSR count). The summed E-state index contributed by atoms with van der Waals surface area (Å²) in [5.41, 5.74) is 0.908. The first-order valence-corrected chi connectivity index (χ1v) is 6.61. The Morgan fingerprint density at radius 3 is 2.94 bits per heavy atom. The minimum atomic E-state index is -0.377. The average Bonchev–Trinajstić information content (AvgIpc) is 2.77. The minimum absolute atomic E-state index is 0.377. The second kappa shape index (κ2) is 6.05. The molecule has 1 N–H and O–H groups in total. The highest BCUT2D eigenvalue weighted by Crippen LogP contribution is 2.28. The first kappa shape index (κ1) is 13.2. The Labute approximate surface area is 111 Å². The van der Waals surface area contributed by atoms with E-state index in [9.17, 15) is 5.11 Å². The quantitative estimate of drug-likeness (QED) is 0.913. The van der Waals surface area contributed by atoms with Crippen molar-refractivity contribution in [2.45, 2.75) is 25.4 Å². The summed E-state index contributed by atoms with van der Waals surface area (Å²) in [5.74, 6) is 0.475. The predicted octanol–water partition coefficient (Wildman–Crippen LogP) is 3.32. The fourth-order valence-electron chi connectivity index (χ4n) is 2.20. The van der Waals surface area contributed by atoms with Crippen molar-refractivity contribution in [3.05, 3.63) is 33.8 Å². The number of hydrogen-bond donors (Lipinski definition) is 1. The molecule has 4 heteroatoms. The molecule has 0 spiro atoms. The SMILES string of the molecule is OC(Cc1cccc(Cl)c1Cl)CC1CCOC1. The van der Waals surface area contributed by atoms with E-state index in [2.05, 4.69) is 0 Å². The van der Waals surface area contributed by atoms with Gasteiger partial charge in [0.1, 0.15) is 0 Å². The van der Waals surface area contributed by atoms with E-state index < -0.39 is 0 Å². The normalized spacial score (nSPS) is 21.7. The maximum atomic E-state index is 10.0. The number of halogens is 2. The molecule has 1 saturated heterocycles. The average molecular weight is 275 g/mol. The van der Waals surface area contributed by atoms with Crippen molar-refractivity contribution < 1.29 is 9.84 Å². The van der Waals surface area contributed by atoms with E-state index in [1.54, 1.807) is 6.07 Å². The van der Waals surface area contributed by atoms with Gasteiger partial charge in [-0.25, -0.2) is 0 Å². The van der Waals surface area contributed by atoms with Gasteiger partial charge in [0.2, 0.25) is 0 Å². The zero-order valence-corrected chi connectivity index (χ0v) is 11.0. The van der Waals surface area contributed by atoms with Gasteiger partial charge in [0.15, 0.2) is 0 Å². The van der Waals surface area contributed by atoms with Gasteiger partial charge in [-0.2, -0.15) is 0 Å². The molecule has 1 fully saturated rings. The smallest absolute Gasteiger partial charge is 0.0625 e. The Morgan fingerprint density at radius 2 is 2.24 bits per heavy atom. The molecule has 0 aromatic heterocycles. The zero-order valence-electron chi connectivity index (χ0n) is 9.53. The van der Waals surface area contributed by atoms with Crippen LogP contribution in [0.4, 0.5) is 0 Å². The molecule has 0 amide bonds. The Balaban J connectivity index is 1.93. The molecule has 2 nitrogen and oxygen atoms in total. The van der Waals surface area contributed by atoms with E-state index in [0.29, 0.717) is 22.4 Å². The van der Waals surface area contributed by atoms with Gasteiger partial charge in [0.25, 0.3) is 0 Å². The first-order valence-electron chi connectivity index (χ1n) is 5.85. The molecule has 1 heterocycles. The van der Waals surface area contributed by atoms with Crippen molar-refractivity contribution in [1.82, 2.24) is 0 Å². The maximum Gasteiger partial charge on any atom is 0.0625 e. The summed E-state index contributed by atoms with van der Waals surface area (Å²) in [6.07, 6.45) is 1.98. The lowest BCUT2D eigenvalue weighted by molar-refractivity contribution is 0.129. The molecule has 2 atom stereocenters. The Bertz CT molecular complexity index is 376. The monoisotopic (exact) mass is 274 g/mol. The van der Waals surface area contributed by atoms with E-state index in [4.69, 9.17) is 27.9 Å². The predicted molar refractivity (Wildman–Crippen MR) is 69.7 cm³/mol. The summed E-state index contributed by atoms with van der Waals surface area (Å²) in [4.78, 5) is 0. The Hall–Kier alpha value is -0.280. The number of hydrogen-bond acceptors (Lipinski definition) is 2. The van der Waals surface area contributed by atoms with Gasteiger partial charge in [-0.05, 0) is 36.8 Å². The second-order valence-electron chi connectivity index (χ2n) is 4.54. The molecular weight excluding hydrogens is 259 g/mol. The molecule has 1 aliphatic rings. The summed E-state index contributed by atoms with van der Waals surface area (Å²) in [5, 5.41) is 11.1. The summed E-state index contributed by atoms with van der Waals surface area (Å²) >= 11 is 12.0. The molecule has 2 unspecified atom stereocenters. The zero-order chi connectivity index (χ0) is 12.3. The van der Waals surface area contributed by atoms with Crippen LogP contribution in [0.5, 0.6) is 0 Å². The lowest BCUT2D eigenvalue weighted by atomic mass is 9.96. The number of aliphatic hydroxyl groups is 1. The topological polar surface area (TPSA) is 29.5 Å². The number of ether oxygens (including phenoxy) is 1.